The summed E-state index contributed by atoms with van der Waals surface area (Å²) in [6.07, 6.45) is 2.11. The van der Waals surface area contributed by atoms with Gasteiger partial charge in [0.05, 0.1) is 12.2 Å². The third-order valence-corrected chi connectivity index (χ3v) is 5.79. The summed E-state index contributed by atoms with van der Waals surface area (Å²) in [5, 5.41) is 6.84. The van der Waals surface area contributed by atoms with E-state index in [1.807, 2.05) is 12.1 Å². The Bertz CT molecular complexity index is 704. The first kappa shape index (κ1) is 23.5. The van der Waals surface area contributed by atoms with Crippen LogP contribution in [0, 0.1) is 0 Å². The molecular formula is C22H36F2N6O. The van der Waals surface area contributed by atoms with Crippen LogP contribution in [0.1, 0.15) is 19.8 Å². The number of para-hydroxylation sites is 2. The maximum atomic E-state index is 12.7. The van der Waals surface area contributed by atoms with E-state index in [-0.39, 0.29) is 11.8 Å². The van der Waals surface area contributed by atoms with Crippen molar-refractivity contribution in [1.29, 1.82) is 0 Å². The first-order valence-electron chi connectivity index (χ1n) is 11.3. The number of guanidine groups is 1. The van der Waals surface area contributed by atoms with Gasteiger partial charge in [0.1, 0.15) is 5.75 Å². The van der Waals surface area contributed by atoms with Gasteiger partial charge in [0.25, 0.3) is 0 Å². The van der Waals surface area contributed by atoms with Crippen molar-refractivity contribution >= 4 is 11.6 Å². The van der Waals surface area contributed by atoms with Gasteiger partial charge in [-0.05, 0) is 52.0 Å². The minimum absolute atomic E-state index is 0.198. The zero-order chi connectivity index (χ0) is 22.1. The monoisotopic (exact) mass is 438 g/mol. The molecule has 0 amide bonds. The molecule has 174 valence electrons. The SMILES string of the molecule is CCNC(=NCCN1CCCN(C)CC1)NC1CCN(c2ccccc2OC(F)F)C1. The van der Waals surface area contributed by atoms with Crippen molar-refractivity contribution in [2.75, 3.05) is 70.9 Å². The topological polar surface area (TPSA) is 55.4 Å². The van der Waals surface area contributed by atoms with Crippen molar-refractivity contribution in [1.82, 2.24) is 20.4 Å². The lowest BCUT2D eigenvalue weighted by Crippen LogP contribution is -2.45. The van der Waals surface area contributed by atoms with E-state index in [0.29, 0.717) is 12.2 Å². The first-order valence-corrected chi connectivity index (χ1v) is 11.3. The summed E-state index contributed by atoms with van der Waals surface area (Å²) in [6, 6.07) is 7.18. The molecule has 1 aromatic rings. The molecule has 2 N–H and O–H groups in total. The van der Waals surface area contributed by atoms with Crippen LogP contribution >= 0.6 is 0 Å². The van der Waals surface area contributed by atoms with Gasteiger partial charge in [-0.2, -0.15) is 8.78 Å². The van der Waals surface area contributed by atoms with Crippen LogP contribution in [-0.2, 0) is 0 Å². The summed E-state index contributed by atoms with van der Waals surface area (Å²) in [7, 11) is 2.18. The number of halogens is 2. The maximum absolute atomic E-state index is 12.7. The van der Waals surface area contributed by atoms with E-state index in [1.165, 1.54) is 6.42 Å². The molecule has 2 saturated heterocycles. The standard InChI is InChI=1S/C22H36F2N6O/c1-3-25-22(26-10-14-29-12-6-11-28(2)15-16-29)27-18-9-13-30(17-18)19-7-4-5-8-20(19)31-21(23)24/h4-5,7-8,18,21H,3,6,9-17H2,1-2H3,(H2,25,26,27). The smallest absolute Gasteiger partial charge is 0.387 e. The second kappa shape index (κ2) is 12.0. The normalized spacial score (nSPS) is 21.4. The lowest BCUT2D eigenvalue weighted by molar-refractivity contribution is -0.0495. The molecule has 2 aliphatic rings. The first-order chi connectivity index (χ1) is 15.0. The van der Waals surface area contributed by atoms with Crippen LogP contribution in [0.2, 0.25) is 0 Å². The molecule has 2 aliphatic heterocycles. The second-order valence-electron chi connectivity index (χ2n) is 8.18. The predicted octanol–water partition coefficient (Wildman–Crippen LogP) is 2.06. The molecule has 0 aromatic heterocycles. The molecule has 0 radical (unpaired) electrons. The van der Waals surface area contributed by atoms with Crippen molar-refractivity contribution in [2.45, 2.75) is 32.4 Å². The summed E-state index contributed by atoms with van der Waals surface area (Å²) in [4.78, 5) is 11.7. The zero-order valence-corrected chi connectivity index (χ0v) is 18.7. The number of anilines is 1. The lowest BCUT2D eigenvalue weighted by Gasteiger charge is -2.23. The van der Waals surface area contributed by atoms with Crippen LogP contribution in [0.5, 0.6) is 5.75 Å². The average Bonchev–Trinajstić information content (AvgIpc) is 3.09. The highest BCUT2D eigenvalue weighted by Gasteiger charge is 2.26. The van der Waals surface area contributed by atoms with Gasteiger partial charge >= 0.3 is 6.61 Å². The van der Waals surface area contributed by atoms with Crippen LogP contribution in [0.15, 0.2) is 29.3 Å². The highest BCUT2D eigenvalue weighted by atomic mass is 19.3. The van der Waals surface area contributed by atoms with E-state index in [0.717, 1.165) is 64.7 Å². The second-order valence-corrected chi connectivity index (χ2v) is 8.18. The Labute approximate surface area is 184 Å². The van der Waals surface area contributed by atoms with Gasteiger partial charge < -0.3 is 30.1 Å². The van der Waals surface area contributed by atoms with Crippen molar-refractivity contribution < 1.29 is 13.5 Å². The summed E-state index contributed by atoms with van der Waals surface area (Å²) in [5.74, 6) is 1.04. The van der Waals surface area contributed by atoms with Gasteiger partial charge in [0.2, 0.25) is 0 Å². The Kier molecular flexibility index (Phi) is 9.14. The third-order valence-electron chi connectivity index (χ3n) is 5.79. The molecule has 0 saturated carbocycles. The Balaban J connectivity index is 1.52. The van der Waals surface area contributed by atoms with Crippen LogP contribution in [0.3, 0.4) is 0 Å². The molecule has 2 heterocycles. The molecule has 1 unspecified atom stereocenters. The van der Waals surface area contributed by atoms with E-state index >= 15 is 0 Å². The summed E-state index contributed by atoms with van der Waals surface area (Å²) in [5.41, 5.74) is 0.708. The van der Waals surface area contributed by atoms with Gasteiger partial charge in [0, 0.05) is 45.3 Å². The van der Waals surface area contributed by atoms with Crippen LogP contribution in [-0.4, -0.2) is 94.4 Å². The largest absolute Gasteiger partial charge is 0.433 e. The van der Waals surface area contributed by atoms with E-state index in [4.69, 9.17) is 9.73 Å². The number of rotatable bonds is 8. The summed E-state index contributed by atoms with van der Waals surface area (Å²) >= 11 is 0. The minimum atomic E-state index is -2.82. The highest BCUT2D eigenvalue weighted by molar-refractivity contribution is 5.80. The molecule has 7 nitrogen and oxygen atoms in total. The molecule has 0 spiro atoms. The van der Waals surface area contributed by atoms with E-state index < -0.39 is 6.61 Å². The quantitative estimate of drug-likeness (QED) is 0.479. The molecule has 0 aliphatic carbocycles. The molecule has 9 heteroatoms. The number of hydrogen-bond donors (Lipinski definition) is 2. The number of ether oxygens (including phenoxy) is 1. The molecule has 3 rings (SSSR count). The zero-order valence-electron chi connectivity index (χ0n) is 18.7. The van der Waals surface area contributed by atoms with Gasteiger partial charge in [-0.25, -0.2) is 0 Å². The fourth-order valence-corrected chi connectivity index (χ4v) is 4.15. The lowest BCUT2D eigenvalue weighted by atomic mass is 10.2. The fourth-order valence-electron chi connectivity index (χ4n) is 4.15. The number of nitrogens with zero attached hydrogens (tertiary/aromatic N) is 4. The fraction of sp³-hybridized carbons (Fsp3) is 0.682. The third kappa shape index (κ3) is 7.50. The average molecular weight is 439 g/mol. The molecule has 1 atom stereocenters. The van der Waals surface area contributed by atoms with Crippen molar-refractivity contribution in [2.24, 2.45) is 4.99 Å². The highest BCUT2D eigenvalue weighted by Crippen LogP contribution is 2.31. The number of benzene rings is 1. The van der Waals surface area contributed by atoms with Gasteiger partial charge in [-0.15, -0.1) is 0 Å². The predicted molar refractivity (Wildman–Crippen MR) is 121 cm³/mol. The van der Waals surface area contributed by atoms with Gasteiger partial charge in [-0.3, -0.25) is 4.99 Å². The molecule has 0 bridgehead atoms. The Hall–Kier alpha value is -2.13. The van der Waals surface area contributed by atoms with Gasteiger partial charge in [0.15, 0.2) is 5.96 Å². The number of alkyl halides is 2. The molecular weight excluding hydrogens is 402 g/mol. The van der Waals surface area contributed by atoms with Crippen molar-refractivity contribution in [3.8, 4) is 5.75 Å². The number of nitrogens with one attached hydrogen (secondary N) is 2. The van der Waals surface area contributed by atoms with Crippen molar-refractivity contribution in [3.63, 3.8) is 0 Å². The minimum Gasteiger partial charge on any atom is -0.433 e. The number of hydrogen-bond acceptors (Lipinski definition) is 5. The van der Waals surface area contributed by atoms with E-state index in [1.54, 1.807) is 12.1 Å². The van der Waals surface area contributed by atoms with E-state index in [9.17, 15) is 8.78 Å². The van der Waals surface area contributed by atoms with Gasteiger partial charge in [-0.1, -0.05) is 12.1 Å². The van der Waals surface area contributed by atoms with E-state index in [2.05, 4.69) is 39.3 Å². The molecule has 2 fully saturated rings. The molecule has 1 aromatic carbocycles. The van der Waals surface area contributed by atoms with Crippen LogP contribution < -0.4 is 20.3 Å². The Morgan fingerprint density at radius 3 is 2.84 bits per heavy atom. The number of aliphatic imine (C=N–C) groups is 1. The van der Waals surface area contributed by atoms with Crippen molar-refractivity contribution in [3.05, 3.63) is 24.3 Å². The maximum Gasteiger partial charge on any atom is 0.387 e. The Morgan fingerprint density at radius 1 is 1.19 bits per heavy atom. The summed E-state index contributed by atoms with van der Waals surface area (Å²) in [6.45, 7) is 7.71. The summed E-state index contributed by atoms with van der Waals surface area (Å²) < 4.78 is 30.2. The molecule has 31 heavy (non-hydrogen) atoms. The van der Waals surface area contributed by atoms with Crippen LogP contribution in [0.4, 0.5) is 14.5 Å². The van der Waals surface area contributed by atoms with Crippen LogP contribution in [0.25, 0.3) is 0 Å². The Morgan fingerprint density at radius 2 is 2.03 bits per heavy atom. The number of likely N-dealkylation sites (N-methyl/N-ethyl adjacent to an activating group) is 1.